The van der Waals surface area contributed by atoms with Crippen molar-refractivity contribution >= 4 is 10.9 Å². The van der Waals surface area contributed by atoms with Gasteiger partial charge in [-0.25, -0.2) is 0 Å². The van der Waals surface area contributed by atoms with Crippen molar-refractivity contribution in [1.82, 2.24) is 4.98 Å². The van der Waals surface area contributed by atoms with E-state index < -0.39 is 0 Å². The minimum absolute atomic E-state index is 0.185. The normalized spacial score (nSPS) is 14.1. The topological polar surface area (TPSA) is 41.8 Å². The molecule has 0 bridgehead atoms. The van der Waals surface area contributed by atoms with Crippen molar-refractivity contribution < 1.29 is 0 Å². The molecule has 2 heteroatoms. The lowest BCUT2D eigenvalue weighted by atomic mass is 9.86. The van der Waals surface area contributed by atoms with Crippen molar-refractivity contribution in [3.63, 3.8) is 0 Å². The van der Waals surface area contributed by atoms with Crippen LogP contribution in [0.25, 0.3) is 10.9 Å². The molecular weight excluding hydrogens is 220 g/mol. The SMILES string of the molecule is Cc1[nH]c2ccc(C(C)(C)C)cc2c1CC(C)N. The summed E-state index contributed by atoms with van der Waals surface area (Å²) in [4.78, 5) is 3.46. The van der Waals surface area contributed by atoms with Gasteiger partial charge in [-0.05, 0) is 48.9 Å². The fraction of sp³-hybridized carbons (Fsp3) is 0.500. The molecule has 1 aromatic carbocycles. The van der Waals surface area contributed by atoms with E-state index in [1.54, 1.807) is 0 Å². The number of nitrogens with two attached hydrogens (primary N) is 1. The first-order chi connectivity index (χ1) is 8.29. The summed E-state index contributed by atoms with van der Waals surface area (Å²) in [7, 11) is 0. The van der Waals surface area contributed by atoms with Crippen LogP contribution >= 0.6 is 0 Å². The van der Waals surface area contributed by atoms with Gasteiger partial charge in [-0.1, -0.05) is 26.8 Å². The van der Waals surface area contributed by atoms with Gasteiger partial charge in [0.25, 0.3) is 0 Å². The van der Waals surface area contributed by atoms with Crippen LogP contribution in [0.2, 0.25) is 0 Å². The number of hydrogen-bond acceptors (Lipinski definition) is 1. The maximum atomic E-state index is 5.95. The molecule has 1 heterocycles. The van der Waals surface area contributed by atoms with Gasteiger partial charge in [-0.2, -0.15) is 0 Å². The van der Waals surface area contributed by atoms with Crippen LogP contribution in [0.3, 0.4) is 0 Å². The van der Waals surface area contributed by atoms with Gasteiger partial charge in [0.15, 0.2) is 0 Å². The third-order valence-electron chi connectivity index (χ3n) is 3.51. The monoisotopic (exact) mass is 244 g/mol. The van der Waals surface area contributed by atoms with Crippen molar-refractivity contribution in [1.29, 1.82) is 0 Å². The third-order valence-corrected chi connectivity index (χ3v) is 3.51. The lowest BCUT2D eigenvalue weighted by Gasteiger charge is -2.19. The number of aryl methyl sites for hydroxylation is 1. The molecule has 0 saturated heterocycles. The first-order valence-electron chi connectivity index (χ1n) is 6.66. The van der Waals surface area contributed by atoms with Crippen LogP contribution in [0.15, 0.2) is 18.2 Å². The lowest BCUT2D eigenvalue weighted by Crippen LogP contribution is -2.18. The zero-order valence-corrected chi connectivity index (χ0v) is 12.1. The number of hydrogen-bond donors (Lipinski definition) is 2. The van der Waals surface area contributed by atoms with Gasteiger partial charge in [0, 0.05) is 22.6 Å². The molecule has 1 atom stereocenters. The molecule has 1 unspecified atom stereocenters. The van der Waals surface area contributed by atoms with Crippen LogP contribution in [-0.2, 0) is 11.8 Å². The van der Waals surface area contributed by atoms with Crippen LogP contribution in [0.5, 0.6) is 0 Å². The lowest BCUT2D eigenvalue weighted by molar-refractivity contribution is 0.591. The predicted octanol–water partition coefficient (Wildman–Crippen LogP) is 3.66. The van der Waals surface area contributed by atoms with Crippen molar-refractivity contribution in [2.24, 2.45) is 5.73 Å². The van der Waals surface area contributed by atoms with Crippen LogP contribution in [0, 0.1) is 6.92 Å². The minimum Gasteiger partial charge on any atom is -0.358 e. The Bertz CT molecular complexity index is 556. The van der Waals surface area contributed by atoms with Crippen molar-refractivity contribution in [2.75, 3.05) is 0 Å². The molecule has 0 amide bonds. The van der Waals surface area contributed by atoms with E-state index in [1.807, 2.05) is 0 Å². The second kappa shape index (κ2) is 4.43. The van der Waals surface area contributed by atoms with Crippen LogP contribution < -0.4 is 5.73 Å². The number of aromatic nitrogens is 1. The van der Waals surface area contributed by atoms with Gasteiger partial charge in [0.2, 0.25) is 0 Å². The van der Waals surface area contributed by atoms with Crippen LogP contribution in [0.1, 0.15) is 44.5 Å². The first kappa shape index (κ1) is 13.2. The Kier molecular flexibility index (Phi) is 3.24. The first-order valence-corrected chi connectivity index (χ1v) is 6.66. The highest BCUT2D eigenvalue weighted by atomic mass is 14.7. The Balaban J connectivity index is 2.59. The Hall–Kier alpha value is -1.28. The van der Waals surface area contributed by atoms with Crippen molar-refractivity contribution in [3.8, 4) is 0 Å². The van der Waals surface area contributed by atoms with Gasteiger partial charge >= 0.3 is 0 Å². The second-order valence-corrected chi connectivity index (χ2v) is 6.42. The van der Waals surface area contributed by atoms with Gasteiger partial charge in [0.1, 0.15) is 0 Å². The maximum Gasteiger partial charge on any atom is 0.0459 e. The number of H-pyrrole nitrogens is 1. The molecule has 0 aliphatic carbocycles. The largest absolute Gasteiger partial charge is 0.358 e. The van der Waals surface area contributed by atoms with E-state index in [0.29, 0.717) is 0 Å². The number of fused-ring (bicyclic) bond motifs is 1. The number of nitrogens with one attached hydrogen (secondary N) is 1. The maximum absolute atomic E-state index is 5.95. The fourth-order valence-corrected chi connectivity index (χ4v) is 2.43. The van der Waals surface area contributed by atoms with E-state index in [-0.39, 0.29) is 11.5 Å². The molecule has 2 nitrogen and oxygen atoms in total. The average molecular weight is 244 g/mol. The fourth-order valence-electron chi connectivity index (χ4n) is 2.43. The summed E-state index contributed by atoms with van der Waals surface area (Å²) >= 11 is 0. The highest BCUT2D eigenvalue weighted by Gasteiger charge is 2.16. The molecule has 2 aromatic rings. The van der Waals surface area contributed by atoms with E-state index in [1.165, 1.54) is 27.7 Å². The quantitative estimate of drug-likeness (QED) is 0.831. The summed E-state index contributed by atoms with van der Waals surface area (Å²) in [5.74, 6) is 0. The van der Waals surface area contributed by atoms with Crippen molar-refractivity contribution in [2.45, 2.75) is 52.5 Å². The zero-order valence-electron chi connectivity index (χ0n) is 12.1. The predicted molar refractivity (Wildman–Crippen MR) is 79.1 cm³/mol. The number of benzene rings is 1. The van der Waals surface area contributed by atoms with E-state index in [0.717, 1.165) is 6.42 Å². The summed E-state index contributed by atoms with van der Waals surface area (Å²) < 4.78 is 0. The highest BCUT2D eigenvalue weighted by Crippen LogP contribution is 2.29. The molecule has 1 aromatic heterocycles. The molecule has 0 aliphatic heterocycles. The van der Waals surface area contributed by atoms with Crippen LogP contribution in [-0.4, -0.2) is 11.0 Å². The molecule has 2 rings (SSSR count). The molecule has 98 valence electrons. The van der Waals surface area contributed by atoms with E-state index >= 15 is 0 Å². The smallest absolute Gasteiger partial charge is 0.0459 e. The number of rotatable bonds is 2. The zero-order chi connectivity index (χ0) is 13.5. The Labute approximate surface area is 110 Å². The Morgan fingerprint density at radius 2 is 1.94 bits per heavy atom. The van der Waals surface area contributed by atoms with Crippen LogP contribution in [0.4, 0.5) is 0 Å². The van der Waals surface area contributed by atoms with Gasteiger partial charge in [-0.15, -0.1) is 0 Å². The summed E-state index contributed by atoms with van der Waals surface area (Å²) in [5.41, 5.74) is 11.3. The molecule has 0 saturated carbocycles. The number of aromatic amines is 1. The summed E-state index contributed by atoms with van der Waals surface area (Å²) in [5, 5.41) is 1.33. The minimum atomic E-state index is 0.185. The van der Waals surface area contributed by atoms with Crippen molar-refractivity contribution in [3.05, 3.63) is 35.0 Å². The highest BCUT2D eigenvalue weighted by molar-refractivity contribution is 5.85. The molecule has 0 fully saturated rings. The Morgan fingerprint density at radius 1 is 1.28 bits per heavy atom. The molecule has 0 radical (unpaired) electrons. The summed E-state index contributed by atoms with van der Waals surface area (Å²) in [6.07, 6.45) is 0.930. The summed E-state index contributed by atoms with van der Waals surface area (Å²) in [6.45, 7) is 10.9. The standard InChI is InChI=1S/C16H24N2/c1-10(17)8-13-11(2)18-15-7-6-12(9-14(13)15)16(3,4)5/h6-7,9-10,18H,8,17H2,1-5H3. The van der Waals surface area contributed by atoms with E-state index in [2.05, 4.69) is 57.8 Å². The molecule has 0 aliphatic rings. The van der Waals surface area contributed by atoms with E-state index in [9.17, 15) is 0 Å². The summed E-state index contributed by atoms with van der Waals surface area (Å²) in [6, 6.07) is 6.92. The van der Waals surface area contributed by atoms with Gasteiger partial charge < -0.3 is 10.7 Å². The second-order valence-electron chi connectivity index (χ2n) is 6.42. The molecule has 3 N–H and O–H groups in total. The Morgan fingerprint density at radius 3 is 2.50 bits per heavy atom. The van der Waals surface area contributed by atoms with Gasteiger partial charge in [0.05, 0.1) is 0 Å². The average Bonchev–Trinajstić information content (AvgIpc) is 2.53. The molecule has 0 spiro atoms. The molecular formula is C16H24N2. The third kappa shape index (κ3) is 2.44. The van der Waals surface area contributed by atoms with E-state index in [4.69, 9.17) is 5.73 Å². The van der Waals surface area contributed by atoms with Gasteiger partial charge in [-0.3, -0.25) is 0 Å². The molecule has 18 heavy (non-hydrogen) atoms.